The molecule has 1 aliphatic heterocycles. The Hall–Kier alpha value is -2.60. The lowest BCUT2D eigenvalue weighted by molar-refractivity contribution is -0.140. The van der Waals surface area contributed by atoms with E-state index in [4.69, 9.17) is 32.7 Å². The maximum atomic E-state index is 13.6. The Balaban J connectivity index is 1.70. The largest absolute Gasteiger partial charge is 0.460 e. The second kappa shape index (κ2) is 10.8. The van der Waals surface area contributed by atoms with E-state index in [-0.39, 0.29) is 18.3 Å². The highest BCUT2D eigenvalue weighted by molar-refractivity contribution is 6.30. The van der Waals surface area contributed by atoms with Crippen molar-refractivity contribution in [3.05, 3.63) is 92.2 Å². The van der Waals surface area contributed by atoms with Crippen LogP contribution in [0.3, 0.4) is 0 Å². The van der Waals surface area contributed by atoms with Crippen molar-refractivity contribution in [2.75, 3.05) is 19.8 Å². The second-order valence-corrected chi connectivity index (χ2v) is 9.33. The Morgan fingerprint density at radius 1 is 0.971 bits per heavy atom. The van der Waals surface area contributed by atoms with E-state index in [2.05, 4.69) is 5.32 Å². The van der Waals surface area contributed by atoms with Gasteiger partial charge in [-0.15, -0.1) is 0 Å². The van der Waals surface area contributed by atoms with Crippen LogP contribution in [-0.2, 0) is 19.1 Å². The zero-order valence-corrected chi connectivity index (χ0v) is 20.7. The molecule has 0 spiro atoms. The molecular formula is C27H27Cl2NO4. The topological polar surface area (TPSA) is 64.6 Å². The normalized spacial score (nSPS) is 20.2. The lowest BCUT2D eigenvalue weighted by Crippen LogP contribution is -2.36. The van der Waals surface area contributed by atoms with E-state index >= 15 is 0 Å². The number of rotatable bonds is 7. The molecule has 5 nitrogen and oxygen atoms in total. The number of carbonyl (C=O) groups is 2. The number of benzene rings is 2. The molecule has 2 aliphatic rings. The van der Waals surface area contributed by atoms with Crippen molar-refractivity contribution >= 4 is 35.0 Å². The third kappa shape index (κ3) is 5.22. The number of carbonyl (C=O) groups excluding carboxylic acids is 2. The standard InChI is InChI=1S/C27H27Cl2NO4/c1-3-33-12-13-34-27(32)24-16(2)30-22-14-19(17-4-8-20(28)9-5-17)15-23(31)26(22)25(24)18-6-10-21(29)11-7-18/h4-11,19,25,30H,3,12-15H2,1-2H3. The van der Waals surface area contributed by atoms with Gasteiger partial charge in [0.25, 0.3) is 0 Å². The van der Waals surface area contributed by atoms with Crippen LogP contribution in [0.1, 0.15) is 49.7 Å². The van der Waals surface area contributed by atoms with Crippen molar-refractivity contribution in [1.29, 1.82) is 0 Å². The van der Waals surface area contributed by atoms with Crippen LogP contribution in [0.4, 0.5) is 0 Å². The van der Waals surface area contributed by atoms with Gasteiger partial charge in [-0.2, -0.15) is 0 Å². The number of esters is 1. The van der Waals surface area contributed by atoms with E-state index in [1.165, 1.54) is 0 Å². The van der Waals surface area contributed by atoms with E-state index in [0.717, 1.165) is 16.8 Å². The second-order valence-electron chi connectivity index (χ2n) is 8.45. The number of ketones is 1. The van der Waals surface area contributed by atoms with Crippen molar-refractivity contribution in [3.8, 4) is 0 Å². The third-order valence-electron chi connectivity index (χ3n) is 6.26. The minimum Gasteiger partial charge on any atom is -0.460 e. The van der Waals surface area contributed by atoms with Crippen LogP contribution in [0.2, 0.25) is 10.0 Å². The van der Waals surface area contributed by atoms with Crippen molar-refractivity contribution in [1.82, 2.24) is 5.32 Å². The number of hydrogen-bond acceptors (Lipinski definition) is 5. The number of nitrogens with one attached hydrogen (secondary N) is 1. The maximum Gasteiger partial charge on any atom is 0.336 e. The molecule has 4 rings (SSSR count). The molecule has 2 aromatic carbocycles. The molecule has 0 radical (unpaired) electrons. The summed E-state index contributed by atoms with van der Waals surface area (Å²) in [6.07, 6.45) is 1.02. The smallest absolute Gasteiger partial charge is 0.336 e. The monoisotopic (exact) mass is 499 g/mol. The number of halogens is 2. The first-order valence-corrected chi connectivity index (χ1v) is 12.1. The molecular weight excluding hydrogens is 473 g/mol. The van der Waals surface area contributed by atoms with E-state index in [1.54, 1.807) is 12.1 Å². The van der Waals surface area contributed by atoms with Gasteiger partial charge < -0.3 is 14.8 Å². The van der Waals surface area contributed by atoms with Gasteiger partial charge in [0.1, 0.15) is 6.61 Å². The highest BCUT2D eigenvalue weighted by atomic mass is 35.5. The fourth-order valence-electron chi connectivity index (χ4n) is 4.68. The summed E-state index contributed by atoms with van der Waals surface area (Å²) < 4.78 is 10.8. The molecule has 2 atom stereocenters. The quantitative estimate of drug-likeness (QED) is 0.377. The van der Waals surface area contributed by atoms with Gasteiger partial charge >= 0.3 is 5.97 Å². The van der Waals surface area contributed by atoms with Crippen molar-refractivity contribution < 1.29 is 19.1 Å². The van der Waals surface area contributed by atoms with Crippen LogP contribution in [0.5, 0.6) is 0 Å². The van der Waals surface area contributed by atoms with Gasteiger partial charge in [-0.3, -0.25) is 4.79 Å². The molecule has 2 aromatic rings. The molecule has 0 bridgehead atoms. The zero-order valence-electron chi connectivity index (χ0n) is 19.2. The van der Waals surface area contributed by atoms with Crippen molar-refractivity contribution in [2.24, 2.45) is 0 Å². The van der Waals surface area contributed by atoms with Gasteiger partial charge in [0.05, 0.1) is 12.2 Å². The summed E-state index contributed by atoms with van der Waals surface area (Å²) in [5, 5.41) is 4.61. The molecule has 2 unspecified atom stereocenters. The zero-order chi connectivity index (χ0) is 24.2. The first kappa shape index (κ1) is 24.5. The SMILES string of the molecule is CCOCCOC(=O)C1=C(C)NC2=C(C(=O)CC(c3ccc(Cl)cc3)C2)C1c1ccc(Cl)cc1. The predicted octanol–water partition coefficient (Wildman–Crippen LogP) is 5.93. The van der Waals surface area contributed by atoms with Gasteiger partial charge in [0.2, 0.25) is 0 Å². The Kier molecular flexibility index (Phi) is 7.77. The first-order valence-electron chi connectivity index (χ1n) is 11.4. The predicted molar refractivity (Wildman–Crippen MR) is 133 cm³/mol. The van der Waals surface area contributed by atoms with Crippen LogP contribution >= 0.6 is 23.2 Å². The molecule has 0 fully saturated rings. The average molecular weight is 500 g/mol. The summed E-state index contributed by atoms with van der Waals surface area (Å²) >= 11 is 12.2. The third-order valence-corrected chi connectivity index (χ3v) is 6.76. The number of ether oxygens (including phenoxy) is 2. The molecule has 178 valence electrons. The van der Waals surface area contributed by atoms with Crippen molar-refractivity contribution in [3.63, 3.8) is 0 Å². The van der Waals surface area contributed by atoms with Crippen LogP contribution in [0, 0.1) is 0 Å². The number of hydrogen-bond donors (Lipinski definition) is 1. The Morgan fingerprint density at radius 3 is 2.21 bits per heavy atom. The van der Waals surface area contributed by atoms with E-state index in [9.17, 15) is 9.59 Å². The van der Waals surface area contributed by atoms with Crippen molar-refractivity contribution in [2.45, 2.75) is 38.5 Å². The minimum absolute atomic E-state index is 0.0146. The summed E-state index contributed by atoms with van der Waals surface area (Å²) in [5.41, 5.74) is 4.49. The van der Waals surface area contributed by atoms with Gasteiger partial charge in [0.15, 0.2) is 5.78 Å². The molecule has 1 aliphatic carbocycles. The summed E-state index contributed by atoms with van der Waals surface area (Å²) in [6.45, 7) is 4.75. The summed E-state index contributed by atoms with van der Waals surface area (Å²) in [6, 6.07) is 14.9. The molecule has 0 amide bonds. The fourth-order valence-corrected chi connectivity index (χ4v) is 4.94. The molecule has 7 heteroatoms. The minimum atomic E-state index is -0.522. The number of dihydropyridines is 1. The highest BCUT2D eigenvalue weighted by Crippen LogP contribution is 2.45. The summed E-state index contributed by atoms with van der Waals surface area (Å²) in [7, 11) is 0. The van der Waals surface area contributed by atoms with Crippen LogP contribution in [0.15, 0.2) is 71.1 Å². The average Bonchev–Trinajstić information content (AvgIpc) is 2.81. The van der Waals surface area contributed by atoms with E-state index < -0.39 is 11.9 Å². The maximum absolute atomic E-state index is 13.6. The molecule has 1 heterocycles. The fraction of sp³-hybridized carbons (Fsp3) is 0.333. The Morgan fingerprint density at radius 2 is 1.59 bits per heavy atom. The van der Waals surface area contributed by atoms with Gasteiger partial charge in [0, 0.05) is 46.0 Å². The van der Waals surface area contributed by atoms with E-state index in [0.29, 0.717) is 52.9 Å². The highest BCUT2D eigenvalue weighted by Gasteiger charge is 2.41. The number of allylic oxidation sites excluding steroid dienone is 3. The molecule has 0 aromatic heterocycles. The van der Waals surface area contributed by atoms with Crippen LogP contribution in [0.25, 0.3) is 0 Å². The lowest BCUT2D eigenvalue weighted by atomic mass is 9.72. The first-order chi connectivity index (χ1) is 16.4. The Bertz CT molecular complexity index is 1140. The molecule has 34 heavy (non-hydrogen) atoms. The van der Waals surface area contributed by atoms with Gasteiger partial charge in [-0.1, -0.05) is 47.5 Å². The molecule has 1 N–H and O–H groups in total. The van der Waals surface area contributed by atoms with Crippen LogP contribution < -0.4 is 5.32 Å². The van der Waals surface area contributed by atoms with Gasteiger partial charge in [-0.05, 0) is 61.6 Å². The van der Waals surface area contributed by atoms with Gasteiger partial charge in [-0.25, -0.2) is 4.79 Å². The van der Waals surface area contributed by atoms with E-state index in [1.807, 2.05) is 50.2 Å². The number of Topliss-reactive ketones (excluding diaryl/α,β-unsaturated/α-hetero) is 1. The Labute approximate surface area is 209 Å². The summed E-state index contributed by atoms with van der Waals surface area (Å²) in [4.78, 5) is 26.7. The summed E-state index contributed by atoms with van der Waals surface area (Å²) in [5.74, 6) is -0.925. The lowest BCUT2D eigenvalue weighted by Gasteiger charge is -2.36. The molecule has 0 saturated heterocycles. The van der Waals surface area contributed by atoms with Crippen LogP contribution in [-0.4, -0.2) is 31.6 Å². The molecule has 0 saturated carbocycles.